The Bertz CT molecular complexity index is 812. The van der Waals surface area contributed by atoms with E-state index in [1.807, 2.05) is 26.0 Å². The maximum atomic E-state index is 12.2. The van der Waals surface area contributed by atoms with Crippen molar-refractivity contribution in [2.24, 2.45) is 5.73 Å². The minimum Gasteiger partial charge on any atom is -0.461 e. The normalized spacial score (nSPS) is 12.1. The van der Waals surface area contributed by atoms with Gasteiger partial charge in [-0.05, 0) is 43.5 Å². The van der Waals surface area contributed by atoms with Crippen LogP contribution in [0.3, 0.4) is 0 Å². The van der Waals surface area contributed by atoms with Crippen molar-refractivity contribution >= 4 is 23.1 Å². The van der Waals surface area contributed by atoms with Crippen LogP contribution in [0.5, 0.6) is 0 Å². The fourth-order valence-electron chi connectivity index (χ4n) is 2.36. The van der Waals surface area contributed by atoms with Crippen molar-refractivity contribution in [2.75, 3.05) is 6.61 Å². The van der Waals surface area contributed by atoms with Crippen LogP contribution >= 0.6 is 11.6 Å². The Morgan fingerprint density at radius 2 is 2.00 bits per heavy atom. The van der Waals surface area contributed by atoms with Gasteiger partial charge in [-0.2, -0.15) is 0 Å². The summed E-state index contributed by atoms with van der Waals surface area (Å²) >= 11 is 6.11. The second-order valence-corrected chi connectivity index (χ2v) is 6.38. The van der Waals surface area contributed by atoms with Crippen molar-refractivity contribution < 1.29 is 9.53 Å². The predicted octanol–water partition coefficient (Wildman–Crippen LogP) is 4.17. The van der Waals surface area contributed by atoms with Gasteiger partial charge < -0.3 is 10.5 Å². The molecular weight excluding hydrogens is 338 g/mol. The van der Waals surface area contributed by atoms with Gasteiger partial charge in [-0.1, -0.05) is 37.6 Å². The molecule has 2 aromatic rings. The first kappa shape index (κ1) is 18.9. The molecular formula is C19H22ClN3O2. The van der Waals surface area contributed by atoms with Crippen molar-refractivity contribution in [3.8, 4) is 0 Å². The number of halogens is 1. The number of nitrogens with two attached hydrogens (primary N) is 1. The third-order valence-electron chi connectivity index (χ3n) is 3.55. The highest BCUT2D eigenvalue weighted by atomic mass is 35.5. The van der Waals surface area contributed by atoms with Gasteiger partial charge in [0.25, 0.3) is 0 Å². The third kappa shape index (κ3) is 4.57. The number of hydrogen-bond donors (Lipinski definition) is 1. The zero-order chi connectivity index (χ0) is 18.6. The Morgan fingerprint density at radius 3 is 2.56 bits per heavy atom. The summed E-state index contributed by atoms with van der Waals surface area (Å²) in [5.41, 5.74) is 9.05. The monoisotopic (exact) mass is 359 g/mol. The summed E-state index contributed by atoms with van der Waals surface area (Å²) in [5, 5.41) is 0.585. The van der Waals surface area contributed by atoms with Crippen LogP contribution in [0.25, 0.3) is 5.57 Å². The number of allylic oxidation sites excluding steroid dienone is 1. The molecule has 1 aromatic heterocycles. The van der Waals surface area contributed by atoms with Crippen molar-refractivity contribution in [2.45, 2.75) is 33.6 Å². The second-order valence-electron chi connectivity index (χ2n) is 5.95. The lowest BCUT2D eigenvalue weighted by Gasteiger charge is -2.14. The number of ether oxygens (including phenoxy) is 1. The van der Waals surface area contributed by atoms with E-state index in [0.717, 1.165) is 11.3 Å². The summed E-state index contributed by atoms with van der Waals surface area (Å²) < 4.78 is 5.09. The summed E-state index contributed by atoms with van der Waals surface area (Å²) in [6.45, 7) is 7.80. The Morgan fingerprint density at radius 1 is 1.28 bits per heavy atom. The molecule has 0 fully saturated rings. The Kier molecular flexibility index (Phi) is 6.15. The summed E-state index contributed by atoms with van der Waals surface area (Å²) in [5.74, 6) is 0.0262. The molecule has 0 saturated carbocycles. The van der Waals surface area contributed by atoms with Crippen LogP contribution in [0.15, 0.2) is 36.0 Å². The first-order valence-electron chi connectivity index (χ1n) is 8.12. The zero-order valence-electron chi connectivity index (χ0n) is 14.8. The van der Waals surface area contributed by atoms with Crippen LogP contribution in [0.4, 0.5) is 0 Å². The number of nitrogens with zero attached hydrogens (tertiary/aromatic N) is 2. The smallest absolute Gasteiger partial charge is 0.357 e. The summed E-state index contributed by atoms with van der Waals surface area (Å²) in [7, 11) is 0. The van der Waals surface area contributed by atoms with Crippen LogP contribution in [0, 0.1) is 0 Å². The van der Waals surface area contributed by atoms with Crippen LogP contribution in [-0.2, 0) is 4.74 Å². The molecule has 2 N–H and O–H groups in total. The van der Waals surface area contributed by atoms with Gasteiger partial charge in [-0.15, -0.1) is 0 Å². The third-order valence-corrected chi connectivity index (χ3v) is 3.79. The first-order valence-corrected chi connectivity index (χ1v) is 8.50. The predicted molar refractivity (Wildman–Crippen MR) is 99.4 cm³/mol. The van der Waals surface area contributed by atoms with E-state index in [2.05, 4.69) is 9.97 Å². The maximum Gasteiger partial charge on any atom is 0.357 e. The molecule has 0 aliphatic heterocycles. The highest BCUT2D eigenvalue weighted by Gasteiger charge is 2.18. The van der Waals surface area contributed by atoms with Crippen LogP contribution in [0.2, 0.25) is 5.02 Å². The lowest BCUT2D eigenvalue weighted by molar-refractivity contribution is 0.0519. The summed E-state index contributed by atoms with van der Waals surface area (Å²) in [4.78, 5) is 21.2. The molecule has 0 aliphatic rings. The van der Waals surface area contributed by atoms with Crippen LogP contribution < -0.4 is 5.73 Å². The average molecular weight is 360 g/mol. The van der Waals surface area contributed by atoms with Gasteiger partial charge in [0.2, 0.25) is 0 Å². The van der Waals surface area contributed by atoms with E-state index in [4.69, 9.17) is 22.1 Å². The van der Waals surface area contributed by atoms with Gasteiger partial charge in [0, 0.05) is 22.0 Å². The topological polar surface area (TPSA) is 78.1 Å². The molecule has 1 aromatic carbocycles. The molecule has 0 spiro atoms. The van der Waals surface area contributed by atoms with E-state index < -0.39 is 5.97 Å². The van der Waals surface area contributed by atoms with Gasteiger partial charge in [-0.3, -0.25) is 0 Å². The van der Waals surface area contributed by atoms with Crippen molar-refractivity contribution in [3.05, 3.63) is 63.8 Å². The molecule has 0 saturated heterocycles. The number of aromatic nitrogens is 2. The molecule has 5 nitrogen and oxygen atoms in total. The molecule has 0 amide bonds. The number of hydrogen-bond acceptors (Lipinski definition) is 5. The minimum atomic E-state index is -0.479. The van der Waals surface area contributed by atoms with Gasteiger partial charge in [-0.25, -0.2) is 14.8 Å². The molecule has 0 unspecified atom stereocenters. The first-order chi connectivity index (χ1) is 11.8. The minimum absolute atomic E-state index is 0.119. The SMILES string of the molecule is CCOC(=O)c1cc(C(C)C)nc(C(=C(C)N)c2cccc(Cl)c2)n1. The van der Waals surface area contributed by atoms with E-state index in [0.29, 0.717) is 22.1 Å². The Balaban J connectivity index is 2.65. The maximum absolute atomic E-state index is 12.2. The number of esters is 1. The highest BCUT2D eigenvalue weighted by molar-refractivity contribution is 6.30. The molecule has 1 heterocycles. The molecule has 0 bridgehead atoms. The average Bonchev–Trinajstić information content (AvgIpc) is 2.54. The van der Waals surface area contributed by atoms with Gasteiger partial charge in [0.05, 0.1) is 6.61 Å². The highest BCUT2D eigenvalue weighted by Crippen LogP contribution is 2.26. The van der Waals surface area contributed by atoms with E-state index in [-0.39, 0.29) is 18.2 Å². The lowest BCUT2D eigenvalue weighted by Crippen LogP contribution is -2.13. The largest absolute Gasteiger partial charge is 0.461 e. The number of benzene rings is 1. The van der Waals surface area contributed by atoms with E-state index in [1.54, 1.807) is 32.0 Å². The molecule has 0 radical (unpaired) electrons. The number of carbonyl (C=O) groups is 1. The molecule has 0 atom stereocenters. The van der Waals surface area contributed by atoms with Crippen molar-refractivity contribution in [1.29, 1.82) is 0 Å². The van der Waals surface area contributed by atoms with Crippen molar-refractivity contribution in [3.63, 3.8) is 0 Å². The fraction of sp³-hybridized carbons (Fsp3) is 0.316. The van der Waals surface area contributed by atoms with E-state index in [9.17, 15) is 4.79 Å². The van der Waals surface area contributed by atoms with Crippen LogP contribution in [0.1, 0.15) is 61.2 Å². The standard InChI is InChI=1S/C19H22ClN3O2/c1-5-25-19(24)16-10-15(11(2)3)22-18(23-16)17(12(4)21)13-7-6-8-14(20)9-13/h6-11H,5,21H2,1-4H3. The van der Waals surface area contributed by atoms with Crippen molar-refractivity contribution in [1.82, 2.24) is 9.97 Å². The molecule has 132 valence electrons. The molecule has 2 rings (SSSR count). The molecule has 0 aliphatic carbocycles. The summed E-state index contributed by atoms with van der Waals surface area (Å²) in [6.07, 6.45) is 0. The molecule has 6 heteroatoms. The van der Waals surface area contributed by atoms with Gasteiger partial charge in [0.1, 0.15) is 0 Å². The van der Waals surface area contributed by atoms with E-state index >= 15 is 0 Å². The quantitative estimate of drug-likeness (QED) is 0.810. The summed E-state index contributed by atoms with van der Waals surface area (Å²) in [6, 6.07) is 8.95. The number of carbonyl (C=O) groups excluding carboxylic acids is 1. The fourth-order valence-corrected chi connectivity index (χ4v) is 2.55. The molecule has 25 heavy (non-hydrogen) atoms. The Labute approximate surface area is 152 Å². The number of rotatable bonds is 5. The lowest BCUT2D eigenvalue weighted by atomic mass is 10.0. The van der Waals surface area contributed by atoms with Gasteiger partial charge >= 0.3 is 5.97 Å². The second kappa shape index (κ2) is 8.12. The van der Waals surface area contributed by atoms with Gasteiger partial charge in [0.15, 0.2) is 11.5 Å². The zero-order valence-corrected chi connectivity index (χ0v) is 15.6. The van der Waals surface area contributed by atoms with Crippen LogP contribution in [-0.4, -0.2) is 22.5 Å². The van der Waals surface area contributed by atoms with E-state index in [1.165, 1.54) is 0 Å². The Hall–Kier alpha value is -2.40.